The lowest BCUT2D eigenvalue weighted by atomic mass is 10.1. The Balaban J connectivity index is 2.45. The van der Waals surface area contributed by atoms with E-state index in [-0.39, 0.29) is 0 Å². The number of thiazole rings is 1. The summed E-state index contributed by atoms with van der Waals surface area (Å²) in [6.45, 7) is 0. The maximum absolute atomic E-state index is 10.5. The van der Waals surface area contributed by atoms with Crippen molar-refractivity contribution >= 4 is 33.6 Å². The number of carbonyl (C=O) groups is 1. The zero-order valence-electron chi connectivity index (χ0n) is 10.5. The third-order valence-electron chi connectivity index (χ3n) is 2.55. The van der Waals surface area contributed by atoms with Gasteiger partial charge in [-0.15, -0.1) is 11.3 Å². The molecule has 0 atom stereocenters. The molecule has 0 fully saturated rings. The molecule has 19 heavy (non-hydrogen) atoms. The van der Waals surface area contributed by atoms with Gasteiger partial charge in [-0.3, -0.25) is 0 Å². The predicted octanol–water partition coefficient (Wildman–Crippen LogP) is 3.33. The summed E-state index contributed by atoms with van der Waals surface area (Å²) in [7, 11) is 3.20. The molecule has 0 aliphatic rings. The summed E-state index contributed by atoms with van der Waals surface area (Å²) in [6, 6.07) is 3.76. The molecule has 2 aromatic rings. The van der Waals surface area contributed by atoms with Gasteiger partial charge in [-0.1, -0.05) is 0 Å². The van der Waals surface area contributed by atoms with E-state index in [4.69, 9.17) is 9.47 Å². The van der Waals surface area contributed by atoms with Crippen molar-refractivity contribution in [3.05, 3.63) is 27.0 Å². The topological polar surface area (TPSA) is 48.4 Å². The minimum Gasteiger partial charge on any atom is -0.495 e. The van der Waals surface area contributed by atoms with Crippen molar-refractivity contribution in [3.8, 4) is 22.8 Å². The van der Waals surface area contributed by atoms with Gasteiger partial charge in [0.2, 0.25) is 0 Å². The monoisotopic (exact) mass is 341 g/mol. The minimum absolute atomic E-state index is 0.343. The molecule has 0 aliphatic heterocycles. The van der Waals surface area contributed by atoms with Crippen LogP contribution in [0.2, 0.25) is 0 Å². The molecule has 0 aliphatic carbocycles. The molecule has 0 N–H and O–H groups in total. The van der Waals surface area contributed by atoms with Crippen molar-refractivity contribution in [1.29, 1.82) is 0 Å². The van der Waals surface area contributed by atoms with E-state index in [2.05, 4.69) is 20.9 Å². The summed E-state index contributed by atoms with van der Waals surface area (Å²) in [4.78, 5) is 14.9. The van der Waals surface area contributed by atoms with Crippen molar-refractivity contribution in [2.75, 3.05) is 14.2 Å². The summed E-state index contributed by atoms with van der Waals surface area (Å²) < 4.78 is 11.4. The lowest BCUT2D eigenvalue weighted by Gasteiger charge is -2.10. The van der Waals surface area contributed by atoms with E-state index in [0.717, 1.165) is 27.0 Å². The summed E-state index contributed by atoms with van der Waals surface area (Å²) in [5.74, 6) is 1.36. The molecule has 0 saturated heterocycles. The molecule has 1 aromatic carbocycles. The minimum atomic E-state index is 0.343. The summed E-state index contributed by atoms with van der Waals surface area (Å²) in [6.07, 6.45) is 1.20. The Morgan fingerprint density at radius 2 is 1.95 bits per heavy atom. The standard InChI is InChI=1S/C13H12BrNO3S/c1-17-10-5-8(6-11(18-2)13(10)14)9-7-19-12(15-9)3-4-16/h4-7H,3H2,1-2H3. The molecule has 0 spiro atoms. The zero-order chi connectivity index (χ0) is 13.8. The van der Waals surface area contributed by atoms with Crippen molar-refractivity contribution in [1.82, 2.24) is 4.98 Å². The summed E-state index contributed by atoms with van der Waals surface area (Å²) in [5.41, 5.74) is 1.70. The van der Waals surface area contributed by atoms with E-state index in [1.54, 1.807) is 14.2 Å². The van der Waals surface area contributed by atoms with Crippen molar-refractivity contribution in [3.63, 3.8) is 0 Å². The average molecular weight is 342 g/mol. The Hall–Kier alpha value is -1.40. The number of benzene rings is 1. The summed E-state index contributed by atoms with van der Waals surface area (Å²) >= 11 is 4.89. The number of hydrogen-bond acceptors (Lipinski definition) is 5. The molecule has 2 rings (SSSR count). The fourth-order valence-electron chi connectivity index (χ4n) is 1.63. The van der Waals surface area contributed by atoms with Crippen molar-refractivity contribution < 1.29 is 14.3 Å². The highest BCUT2D eigenvalue weighted by Gasteiger charge is 2.13. The largest absolute Gasteiger partial charge is 0.495 e. The second kappa shape index (κ2) is 6.16. The maximum Gasteiger partial charge on any atom is 0.137 e. The lowest BCUT2D eigenvalue weighted by molar-refractivity contribution is -0.107. The van der Waals surface area contributed by atoms with E-state index in [9.17, 15) is 4.79 Å². The van der Waals surface area contributed by atoms with E-state index in [0.29, 0.717) is 17.9 Å². The Kier molecular flexibility index (Phi) is 4.55. The molecule has 1 aromatic heterocycles. The first-order valence-corrected chi connectivity index (χ1v) is 7.16. The highest BCUT2D eigenvalue weighted by atomic mass is 79.9. The third kappa shape index (κ3) is 2.96. The number of ether oxygens (including phenoxy) is 2. The van der Waals surface area contributed by atoms with Gasteiger partial charge in [-0.2, -0.15) is 0 Å². The quantitative estimate of drug-likeness (QED) is 0.782. The Morgan fingerprint density at radius 1 is 1.32 bits per heavy atom. The molecule has 0 saturated carbocycles. The van der Waals surface area contributed by atoms with Crippen molar-refractivity contribution in [2.24, 2.45) is 0 Å². The van der Waals surface area contributed by atoms with Crippen LogP contribution in [0.25, 0.3) is 11.3 Å². The number of carbonyl (C=O) groups excluding carboxylic acids is 1. The van der Waals surface area contributed by atoms with Crippen LogP contribution in [0.4, 0.5) is 0 Å². The van der Waals surface area contributed by atoms with Crippen LogP contribution in [-0.4, -0.2) is 25.5 Å². The molecule has 4 nitrogen and oxygen atoms in total. The molecule has 6 heteroatoms. The Morgan fingerprint density at radius 3 is 2.47 bits per heavy atom. The number of aldehydes is 1. The van der Waals surface area contributed by atoms with E-state index >= 15 is 0 Å². The van der Waals surface area contributed by atoms with Crippen LogP contribution in [0, 0.1) is 0 Å². The fourth-order valence-corrected chi connectivity index (χ4v) is 2.93. The van der Waals surface area contributed by atoms with E-state index in [1.165, 1.54) is 11.3 Å². The van der Waals surface area contributed by atoms with Gasteiger partial charge in [0.05, 0.1) is 26.3 Å². The number of methoxy groups -OCH3 is 2. The van der Waals surface area contributed by atoms with Gasteiger partial charge in [0.15, 0.2) is 0 Å². The van der Waals surface area contributed by atoms with Gasteiger partial charge in [0.25, 0.3) is 0 Å². The first-order chi connectivity index (χ1) is 9.19. The molecule has 1 heterocycles. The number of aromatic nitrogens is 1. The zero-order valence-corrected chi connectivity index (χ0v) is 12.9. The average Bonchev–Trinajstić information content (AvgIpc) is 2.88. The molecular weight excluding hydrogens is 330 g/mol. The van der Waals surface area contributed by atoms with Crippen LogP contribution < -0.4 is 9.47 Å². The normalized spacial score (nSPS) is 10.3. The van der Waals surface area contributed by atoms with E-state index in [1.807, 2.05) is 17.5 Å². The van der Waals surface area contributed by atoms with Gasteiger partial charge in [0, 0.05) is 10.9 Å². The van der Waals surface area contributed by atoms with Gasteiger partial charge in [-0.05, 0) is 28.1 Å². The third-order valence-corrected chi connectivity index (χ3v) is 4.20. The van der Waals surface area contributed by atoms with Crippen molar-refractivity contribution in [2.45, 2.75) is 6.42 Å². The van der Waals surface area contributed by atoms with Crippen LogP contribution in [0.15, 0.2) is 22.0 Å². The first-order valence-electron chi connectivity index (χ1n) is 5.49. The Labute approximate surface area is 123 Å². The number of hydrogen-bond donors (Lipinski definition) is 0. The molecule has 0 radical (unpaired) electrons. The number of rotatable bonds is 5. The maximum atomic E-state index is 10.5. The first kappa shape index (κ1) is 14.0. The second-order valence-electron chi connectivity index (χ2n) is 3.69. The number of nitrogens with zero attached hydrogens (tertiary/aromatic N) is 1. The Bertz CT molecular complexity index is 572. The SMILES string of the molecule is COc1cc(-c2csc(CC=O)n2)cc(OC)c1Br. The predicted molar refractivity (Wildman–Crippen MR) is 78.1 cm³/mol. The highest BCUT2D eigenvalue weighted by molar-refractivity contribution is 9.10. The molecule has 0 unspecified atom stereocenters. The smallest absolute Gasteiger partial charge is 0.137 e. The van der Waals surface area contributed by atoms with Gasteiger partial charge in [-0.25, -0.2) is 4.98 Å². The second-order valence-corrected chi connectivity index (χ2v) is 5.43. The summed E-state index contributed by atoms with van der Waals surface area (Å²) in [5, 5.41) is 2.71. The van der Waals surface area contributed by atoms with Crippen LogP contribution in [-0.2, 0) is 11.2 Å². The van der Waals surface area contributed by atoms with E-state index < -0.39 is 0 Å². The van der Waals surface area contributed by atoms with Crippen LogP contribution in [0.1, 0.15) is 5.01 Å². The highest BCUT2D eigenvalue weighted by Crippen LogP contribution is 2.39. The lowest BCUT2D eigenvalue weighted by Crippen LogP contribution is -1.92. The van der Waals surface area contributed by atoms with Crippen LogP contribution in [0.3, 0.4) is 0 Å². The van der Waals surface area contributed by atoms with Crippen LogP contribution in [0.5, 0.6) is 11.5 Å². The molecule has 100 valence electrons. The molecule has 0 bridgehead atoms. The van der Waals surface area contributed by atoms with Gasteiger partial charge >= 0.3 is 0 Å². The molecular formula is C13H12BrNO3S. The van der Waals surface area contributed by atoms with Gasteiger partial charge in [0.1, 0.15) is 27.3 Å². The van der Waals surface area contributed by atoms with Crippen LogP contribution >= 0.6 is 27.3 Å². The molecule has 0 amide bonds. The fraction of sp³-hybridized carbons (Fsp3) is 0.231. The van der Waals surface area contributed by atoms with Gasteiger partial charge < -0.3 is 14.3 Å². The number of halogens is 1.